The molecule has 1 amide bonds. The van der Waals surface area contributed by atoms with Gasteiger partial charge in [-0.3, -0.25) is 4.79 Å². The van der Waals surface area contributed by atoms with E-state index in [1.807, 2.05) is 6.07 Å². The largest absolute Gasteiger partial charge is 0.355 e. The number of hydrogen-bond acceptors (Lipinski definition) is 5. The van der Waals surface area contributed by atoms with Gasteiger partial charge in [0, 0.05) is 37.1 Å². The van der Waals surface area contributed by atoms with Crippen LogP contribution in [-0.4, -0.2) is 44.0 Å². The second-order valence-electron chi connectivity index (χ2n) is 6.55. The van der Waals surface area contributed by atoms with Crippen molar-refractivity contribution in [2.24, 2.45) is 5.92 Å². The van der Waals surface area contributed by atoms with Crippen LogP contribution in [0.3, 0.4) is 0 Å². The first-order valence-electron chi connectivity index (χ1n) is 9.11. The van der Waals surface area contributed by atoms with Crippen molar-refractivity contribution in [1.82, 2.24) is 9.62 Å². The summed E-state index contributed by atoms with van der Waals surface area (Å²) in [4.78, 5) is 12.3. The minimum absolute atomic E-state index is 0.0281. The van der Waals surface area contributed by atoms with E-state index in [2.05, 4.69) is 5.32 Å². The predicted molar refractivity (Wildman–Crippen MR) is 111 cm³/mol. The molecule has 3 rings (SSSR count). The molecule has 0 saturated carbocycles. The number of halogens is 1. The molecule has 1 N–H and O–H groups in total. The Morgan fingerprint density at radius 2 is 1.96 bits per heavy atom. The fourth-order valence-corrected chi connectivity index (χ4v) is 6.54. The number of rotatable bonds is 8. The van der Waals surface area contributed by atoms with E-state index in [9.17, 15) is 17.6 Å². The molecule has 0 bridgehead atoms. The van der Waals surface area contributed by atoms with Gasteiger partial charge in [0.2, 0.25) is 5.91 Å². The first-order chi connectivity index (χ1) is 13.5. The smallest absolute Gasteiger partial charge is 0.252 e. The lowest BCUT2D eigenvalue weighted by Gasteiger charge is -2.30. The zero-order valence-corrected chi connectivity index (χ0v) is 17.8. The van der Waals surface area contributed by atoms with E-state index < -0.39 is 10.0 Å². The van der Waals surface area contributed by atoms with Gasteiger partial charge in [0.15, 0.2) is 0 Å². The maximum absolute atomic E-state index is 13.5. The number of sulfonamides is 1. The van der Waals surface area contributed by atoms with Crippen molar-refractivity contribution in [1.29, 1.82) is 0 Å². The number of amides is 1. The molecule has 0 atom stereocenters. The number of carbonyl (C=O) groups is 1. The summed E-state index contributed by atoms with van der Waals surface area (Å²) in [6.45, 7) is 1.24. The highest BCUT2D eigenvalue weighted by atomic mass is 32.2. The van der Waals surface area contributed by atoms with Crippen LogP contribution in [0.4, 0.5) is 4.39 Å². The fraction of sp³-hybridized carbons (Fsp3) is 0.421. The van der Waals surface area contributed by atoms with Gasteiger partial charge in [-0.05, 0) is 35.9 Å². The number of thiophene rings is 1. The Labute approximate surface area is 173 Å². The molecule has 0 unspecified atom stereocenters. The highest BCUT2D eigenvalue weighted by Gasteiger charge is 2.32. The van der Waals surface area contributed by atoms with Crippen molar-refractivity contribution in [2.75, 3.05) is 25.4 Å². The number of thioether (sulfide) groups is 1. The van der Waals surface area contributed by atoms with Gasteiger partial charge in [0.05, 0.1) is 0 Å². The number of nitrogens with one attached hydrogen (secondary N) is 1. The summed E-state index contributed by atoms with van der Waals surface area (Å²) in [6, 6.07) is 10.0. The fourth-order valence-electron chi connectivity index (χ4n) is 3.08. The van der Waals surface area contributed by atoms with E-state index >= 15 is 0 Å². The van der Waals surface area contributed by atoms with Crippen LogP contribution < -0.4 is 5.32 Å². The first kappa shape index (κ1) is 21.3. The summed E-state index contributed by atoms with van der Waals surface area (Å²) in [6.07, 6.45) is 1.05. The number of nitrogens with zero attached hydrogens (tertiary/aromatic N) is 1. The van der Waals surface area contributed by atoms with Crippen LogP contribution in [-0.2, 0) is 20.6 Å². The quantitative estimate of drug-likeness (QED) is 0.637. The third kappa shape index (κ3) is 5.34. The average Bonchev–Trinajstić information content (AvgIpc) is 3.25. The predicted octanol–water partition coefficient (Wildman–Crippen LogP) is 3.34. The van der Waals surface area contributed by atoms with E-state index in [0.29, 0.717) is 53.8 Å². The van der Waals surface area contributed by atoms with Crippen LogP contribution in [0.5, 0.6) is 0 Å². The Balaban J connectivity index is 1.37. The molecule has 1 aliphatic rings. The van der Waals surface area contributed by atoms with Crippen LogP contribution >= 0.6 is 23.1 Å². The number of carbonyl (C=O) groups excluding carboxylic acids is 1. The molecule has 28 heavy (non-hydrogen) atoms. The highest BCUT2D eigenvalue weighted by molar-refractivity contribution is 7.98. The molecular formula is C19H23FN2O3S3. The molecule has 5 nitrogen and oxygen atoms in total. The molecule has 152 valence electrons. The van der Waals surface area contributed by atoms with Crippen molar-refractivity contribution in [2.45, 2.75) is 22.8 Å². The second-order valence-corrected chi connectivity index (χ2v) is 10.8. The molecular weight excluding hydrogens is 419 g/mol. The summed E-state index contributed by atoms with van der Waals surface area (Å²) in [5.74, 6) is 0.877. The maximum atomic E-state index is 13.5. The topological polar surface area (TPSA) is 66.5 Å². The minimum atomic E-state index is -3.44. The number of piperidine rings is 1. The summed E-state index contributed by atoms with van der Waals surface area (Å²) >= 11 is 2.78. The average molecular weight is 443 g/mol. The molecule has 9 heteroatoms. The Bertz CT molecular complexity index is 880. The SMILES string of the molecule is O=C(NCCSCc1ccccc1F)C1CCN(S(=O)(=O)c2cccs2)CC1. The highest BCUT2D eigenvalue weighted by Crippen LogP contribution is 2.26. The molecule has 1 aromatic carbocycles. The van der Waals surface area contributed by atoms with Gasteiger partial charge in [-0.25, -0.2) is 12.8 Å². The third-order valence-corrected chi connectivity index (χ3v) is 8.95. The number of hydrogen-bond donors (Lipinski definition) is 1. The van der Waals surface area contributed by atoms with E-state index in [1.54, 1.807) is 41.4 Å². The first-order valence-corrected chi connectivity index (χ1v) is 12.6. The molecule has 2 heterocycles. The van der Waals surface area contributed by atoms with Gasteiger partial charge in [-0.15, -0.1) is 11.3 Å². The van der Waals surface area contributed by atoms with E-state index in [1.165, 1.54) is 21.7 Å². The van der Waals surface area contributed by atoms with Crippen LogP contribution in [0.15, 0.2) is 46.0 Å². The lowest BCUT2D eigenvalue weighted by molar-refractivity contribution is -0.125. The van der Waals surface area contributed by atoms with Gasteiger partial charge in [0.1, 0.15) is 10.0 Å². The summed E-state index contributed by atoms with van der Waals surface area (Å²) in [5, 5.41) is 4.66. The van der Waals surface area contributed by atoms with Gasteiger partial charge in [-0.1, -0.05) is 24.3 Å². The van der Waals surface area contributed by atoms with Gasteiger partial charge in [0.25, 0.3) is 10.0 Å². The molecule has 1 saturated heterocycles. The standard InChI is InChI=1S/C19H23FN2O3S3/c20-17-5-2-1-4-16(17)14-26-13-9-21-19(23)15-7-10-22(11-8-15)28(24,25)18-6-3-12-27-18/h1-6,12,15H,7-11,13-14H2,(H,21,23). The van der Waals surface area contributed by atoms with E-state index in [4.69, 9.17) is 0 Å². The van der Waals surface area contributed by atoms with Gasteiger partial charge in [-0.2, -0.15) is 16.1 Å². The molecule has 1 aliphatic heterocycles. The Morgan fingerprint density at radius 3 is 2.64 bits per heavy atom. The third-order valence-electron chi connectivity index (χ3n) is 4.67. The minimum Gasteiger partial charge on any atom is -0.355 e. The summed E-state index contributed by atoms with van der Waals surface area (Å²) in [5.41, 5.74) is 0.665. The molecule has 2 aromatic rings. The van der Waals surface area contributed by atoms with Crippen LogP contribution in [0, 0.1) is 11.7 Å². The molecule has 0 radical (unpaired) electrons. The summed E-state index contributed by atoms with van der Waals surface area (Å²) < 4.78 is 40.4. The zero-order chi connectivity index (χ0) is 20.0. The molecule has 1 aromatic heterocycles. The normalized spacial score (nSPS) is 16.2. The molecule has 0 aliphatic carbocycles. The van der Waals surface area contributed by atoms with Crippen molar-refractivity contribution < 1.29 is 17.6 Å². The van der Waals surface area contributed by atoms with Crippen molar-refractivity contribution in [3.63, 3.8) is 0 Å². The molecule has 0 spiro atoms. The maximum Gasteiger partial charge on any atom is 0.252 e. The van der Waals surface area contributed by atoms with Crippen molar-refractivity contribution in [3.05, 3.63) is 53.2 Å². The monoisotopic (exact) mass is 442 g/mol. The lowest BCUT2D eigenvalue weighted by atomic mass is 9.97. The van der Waals surface area contributed by atoms with Crippen LogP contribution in [0.25, 0.3) is 0 Å². The van der Waals surface area contributed by atoms with Crippen molar-refractivity contribution in [3.8, 4) is 0 Å². The Kier molecular flexibility index (Phi) is 7.50. The summed E-state index contributed by atoms with van der Waals surface area (Å²) in [7, 11) is -3.44. The van der Waals surface area contributed by atoms with Crippen molar-refractivity contribution >= 4 is 39.0 Å². The van der Waals surface area contributed by atoms with E-state index in [0.717, 1.165) is 0 Å². The van der Waals surface area contributed by atoms with Crippen LogP contribution in [0.2, 0.25) is 0 Å². The zero-order valence-electron chi connectivity index (χ0n) is 15.3. The van der Waals surface area contributed by atoms with Crippen LogP contribution in [0.1, 0.15) is 18.4 Å². The Morgan fingerprint density at radius 1 is 1.21 bits per heavy atom. The van der Waals surface area contributed by atoms with Gasteiger partial charge < -0.3 is 5.32 Å². The van der Waals surface area contributed by atoms with Gasteiger partial charge >= 0.3 is 0 Å². The second kappa shape index (κ2) is 9.87. The Hall–Kier alpha value is -1.42. The van der Waals surface area contributed by atoms with E-state index in [-0.39, 0.29) is 17.6 Å². The lowest BCUT2D eigenvalue weighted by Crippen LogP contribution is -2.43. The molecule has 1 fully saturated rings. The number of benzene rings is 1.